The maximum Gasteiger partial charge on any atom is 0.251 e. The molecule has 90 valence electrons. The summed E-state index contributed by atoms with van der Waals surface area (Å²) in [6.07, 6.45) is 7.05. The molecule has 0 radical (unpaired) electrons. The third-order valence-electron chi connectivity index (χ3n) is 4.59. The van der Waals surface area contributed by atoms with Gasteiger partial charge in [0.2, 0.25) is 0 Å². The predicted molar refractivity (Wildman–Crippen MR) is 61.1 cm³/mol. The highest BCUT2D eigenvalue weighted by atomic mass is 16.5. The third-order valence-corrected chi connectivity index (χ3v) is 4.59. The molecule has 2 heterocycles. The summed E-state index contributed by atoms with van der Waals surface area (Å²) in [5.74, 6) is 0.250. The fourth-order valence-corrected chi connectivity index (χ4v) is 3.33. The number of hydrogen-bond acceptors (Lipinski definition) is 2. The van der Waals surface area contributed by atoms with Crippen LogP contribution >= 0.6 is 0 Å². The average Bonchev–Trinajstić information content (AvgIpc) is 2.83. The molecule has 0 N–H and O–H groups in total. The van der Waals surface area contributed by atoms with Gasteiger partial charge in [0.05, 0.1) is 0 Å². The minimum atomic E-state index is -0.129. The first kappa shape index (κ1) is 10.6. The number of rotatable bonds is 1. The fraction of sp³-hybridized carbons (Fsp3) is 0.923. The van der Waals surface area contributed by atoms with Crippen molar-refractivity contribution in [1.82, 2.24) is 4.90 Å². The van der Waals surface area contributed by atoms with E-state index < -0.39 is 0 Å². The van der Waals surface area contributed by atoms with Crippen molar-refractivity contribution in [2.24, 2.45) is 5.41 Å². The summed E-state index contributed by atoms with van der Waals surface area (Å²) >= 11 is 0. The second kappa shape index (κ2) is 3.73. The molecule has 3 heteroatoms. The van der Waals surface area contributed by atoms with Crippen LogP contribution in [0.3, 0.4) is 0 Å². The first-order chi connectivity index (χ1) is 7.70. The lowest BCUT2D eigenvalue weighted by atomic mass is 9.88. The van der Waals surface area contributed by atoms with Crippen LogP contribution in [0.1, 0.15) is 45.4 Å². The van der Waals surface area contributed by atoms with Crippen LogP contribution in [0.25, 0.3) is 0 Å². The van der Waals surface area contributed by atoms with Gasteiger partial charge in [0, 0.05) is 19.2 Å². The Labute approximate surface area is 97.1 Å². The normalized spacial score (nSPS) is 36.7. The molecule has 0 aromatic rings. The number of amides is 1. The Bertz CT molecular complexity index is 292. The average molecular weight is 223 g/mol. The number of carbonyl (C=O) groups is 1. The van der Waals surface area contributed by atoms with Crippen molar-refractivity contribution in [3.63, 3.8) is 0 Å². The molecule has 1 saturated carbocycles. The van der Waals surface area contributed by atoms with E-state index in [2.05, 4.69) is 11.8 Å². The quantitative estimate of drug-likeness (QED) is 0.680. The van der Waals surface area contributed by atoms with Gasteiger partial charge in [-0.05, 0) is 50.9 Å². The third kappa shape index (κ3) is 1.75. The van der Waals surface area contributed by atoms with E-state index in [-0.39, 0.29) is 12.0 Å². The number of ether oxygens (including phenoxy) is 1. The molecule has 16 heavy (non-hydrogen) atoms. The molecule has 0 aromatic carbocycles. The van der Waals surface area contributed by atoms with Crippen LogP contribution in [0.5, 0.6) is 0 Å². The van der Waals surface area contributed by atoms with Gasteiger partial charge in [-0.3, -0.25) is 4.79 Å². The second-order valence-electron chi connectivity index (χ2n) is 5.84. The summed E-state index contributed by atoms with van der Waals surface area (Å²) in [5.41, 5.74) is 0.632. The van der Waals surface area contributed by atoms with Gasteiger partial charge in [-0.15, -0.1) is 0 Å². The lowest BCUT2D eigenvalue weighted by Gasteiger charge is -2.39. The van der Waals surface area contributed by atoms with Crippen LogP contribution in [0.2, 0.25) is 0 Å². The maximum atomic E-state index is 12.2. The van der Waals surface area contributed by atoms with E-state index in [1.807, 2.05) is 0 Å². The molecule has 3 nitrogen and oxygen atoms in total. The van der Waals surface area contributed by atoms with Crippen LogP contribution in [-0.2, 0) is 9.53 Å². The molecule has 2 saturated heterocycles. The molecule has 0 unspecified atom stereocenters. The smallest absolute Gasteiger partial charge is 0.251 e. The van der Waals surface area contributed by atoms with Crippen molar-refractivity contribution >= 4 is 5.91 Å². The summed E-state index contributed by atoms with van der Waals surface area (Å²) in [6.45, 7) is 3.93. The molecular weight excluding hydrogens is 202 g/mol. The van der Waals surface area contributed by atoms with Crippen molar-refractivity contribution < 1.29 is 9.53 Å². The Morgan fingerprint density at radius 2 is 2.19 bits per heavy atom. The zero-order valence-electron chi connectivity index (χ0n) is 10.1. The van der Waals surface area contributed by atoms with E-state index in [1.54, 1.807) is 0 Å². The Hall–Kier alpha value is -0.570. The topological polar surface area (TPSA) is 29.5 Å². The van der Waals surface area contributed by atoms with Gasteiger partial charge in [-0.1, -0.05) is 0 Å². The highest BCUT2D eigenvalue weighted by molar-refractivity contribution is 5.81. The lowest BCUT2D eigenvalue weighted by molar-refractivity contribution is -0.145. The number of hydrogen-bond donors (Lipinski definition) is 0. The largest absolute Gasteiger partial charge is 0.368 e. The van der Waals surface area contributed by atoms with E-state index in [0.29, 0.717) is 11.5 Å². The summed E-state index contributed by atoms with van der Waals surface area (Å²) in [4.78, 5) is 14.3. The molecule has 3 fully saturated rings. The highest BCUT2D eigenvalue weighted by Crippen LogP contribution is 2.55. The number of piperidine rings is 1. The van der Waals surface area contributed by atoms with Gasteiger partial charge in [0.1, 0.15) is 6.10 Å². The Kier molecular flexibility index (Phi) is 2.46. The van der Waals surface area contributed by atoms with Crippen LogP contribution in [0.4, 0.5) is 0 Å². The van der Waals surface area contributed by atoms with Crippen molar-refractivity contribution in [2.75, 3.05) is 13.2 Å². The number of carbonyl (C=O) groups excluding carboxylic acids is 1. The van der Waals surface area contributed by atoms with Gasteiger partial charge in [0.15, 0.2) is 0 Å². The van der Waals surface area contributed by atoms with Crippen molar-refractivity contribution in [3.8, 4) is 0 Å². The van der Waals surface area contributed by atoms with Gasteiger partial charge in [0.25, 0.3) is 5.91 Å². The first-order valence-corrected chi connectivity index (χ1v) is 6.62. The molecule has 0 bridgehead atoms. The molecule has 2 atom stereocenters. The molecule has 0 aromatic heterocycles. The van der Waals surface area contributed by atoms with Gasteiger partial charge >= 0.3 is 0 Å². The SMILES string of the molecule is C[C@@H]1CC2(CCN1C(=O)[C@H]1CCCO1)CC2. The van der Waals surface area contributed by atoms with E-state index in [0.717, 1.165) is 26.0 Å². The Balaban J connectivity index is 1.63. The summed E-state index contributed by atoms with van der Waals surface area (Å²) in [5, 5.41) is 0. The minimum Gasteiger partial charge on any atom is -0.368 e. The van der Waals surface area contributed by atoms with Crippen molar-refractivity contribution in [2.45, 2.75) is 57.6 Å². The van der Waals surface area contributed by atoms with Crippen LogP contribution < -0.4 is 0 Å². The zero-order chi connectivity index (χ0) is 11.2. The van der Waals surface area contributed by atoms with E-state index in [1.165, 1.54) is 25.7 Å². The summed E-state index contributed by atoms with van der Waals surface area (Å²) in [6, 6.07) is 0.424. The second-order valence-corrected chi connectivity index (χ2v) is 5.84. The summed E-state index contributed by atoms with van der Waals surface area (Å²) < 4.78 is 5.49. The van der Waals surface area contributed by atoms with Crippen LogP contribution in [-0.4, -0.2) is 36.1 Å². The molecule has 1 amide bonds. The lowest BCUT2D eigenvalue weighted by Crippen LogP contribution is -2.49. The first-order valence-electron chi connectivity index (χ1n) is 6.62. The van der Waals surface area contributed by atoms with Gasteiger partial charge in [-0.2, -0.15) is 0 Å². The number of likely N-dealkylation sites (tertiary alicyclic amines) is 1. The Morgan fingerprint density at radius 1 is 1.38 bits per heavy atom. The molecule has 3 rings (SSSR count). The van der Waals surface area contributed by atoms with Crippen molar-refractivity contribution in [1.29, 1.82) is 0 Å². The van der Waals surface area contributed by atoms with Crippen LogP contribution in [0, 0.1) is 5.41 Å². The maximum absolute atomic E-state index is 12.2. The fourth-order valence-electron chi connectivity index (χ4n) is 3.33. The summed E-state index contributed by atoms with van der Waals surface area (Å²) in [7, 11) is 0. The molecule has 3 aliphatic rings. The monoisotopic (exact) mass is 223 g/mol. The molecular formula is C13H21NO2. The Morgan fingerprint density at radius 3 is 2.75 bits per heavy atom. The number of nitrogens with zero attached hydrogens (tertiary/aromatic N) is 1. The highest BCUT2D eigenvalue weighted by Gasteiger charge is 2.48. The predicted octanol–water partition coefficient (Wildman–Crippen LogP) is 1.96. The zero-order valence-corrected chi connectivity index (χ0v) is 10.1. The van der Waals surface area contributed by atoms with Gasteiger partial charge < -0.3 is 9.64 Å². The van der Waals surface area contributed by atoms with Gasteiger partial charge in [-0.25, -0.2) is 0 Å². The molecule has 1 aliphatic carbocycles. The van der Waals surface area contributed by atoms with E-state index >= 15 is 0 Å². The molecule has 2 aliphatic heterocycles. The molecule has 1 spiro atoms. The van der Waals surface area contributed by atoms with Crippen molar-refractivity contribution in [3.05, 3.63) is 0 Å². The van der Waals surface area contributed by atoms with E-state index in [9.17, 15) is 4.79 Å². The van der Waals surface area contributed by atoms with E-state index in [4.69, 9.17) is 4.74 Å². The standard InChI is InChI=1S/C13H21NO2/c1-10-9-13(4-5-13)6-7-14(10)12(15)11-3-2-8-16-11/h10-11H,2-9H2,1H3/t10-,11-/m1/s1. The minimum absolute atomic E-state index is 0.129. The van der Waals surface area contributed by atoms with Crippen LogP contribution in [0.15, 0.2) is 0 Å².